The van der Waals surface area contributed by atoms with Crippen LogP contribution in [0.25, 0.3) is 12.2 Å². The highest BCUT2D eigenvalue weighted by Crippen LogP contribution is 2.23. The van der Waals surface area contributed by atoms with E-state index < -0.39 is 0 Å². The number of anilines is 1. The van der Waals surface area contributed by atoms with Crippen LogP contribution in [0, 0.1) is 0 Å². The van der Waals surface area contributed by atoms with Gasteiger partial charge in [-0.05, 0) is 23.8 Å². The molecule has 1 heterocycles. The van der Waals surface area contributed by atoms with Crippen LogP contribution < -0.4 is 10.1 Å². The maximum absolute atomic E-state index is 12.1. The lowest BCUT2D eigenvalue weighted by atomic mass is 10.2. The lowest BCUT2D eigenvalue weighted by molar-refractivity contribution is -0.113. The summed E-state index contributed by atoms with van der Waals surface area (Å²) in [6.07, 6.45) is 3.80. The van der Waals surface area contributed by atoms with Gasteiger partial charge in [-0.3, -0.25) is 9.89 Å². The number of aromatic nitrogens is 3. The number of nitrogens with zero attached hydrogens (tertiary/aromatic N) is 2. The molecule has 0 saturated carbocycles. The monoisotopic (exact) mass is 366 g/mol. The second kappa shape index (κ2) is 8.87. The fraction of sp³-hybridized carbons (Fsp3) is 0.105. The van der Waals surface area contributed by atoms with Crippen LogP contribution in [-0.4, -0.2) is 34.0 Å². The zero-order valence-electron chi connectivity index (χ0n) is 14.2. The van der Waals surface area contributed by atoms with Crippen molar-refractivity contribution in [1.29, 1.82) is 0 Å². The predicted molar refractivity (Wildman–Crippen MR) is 104 cm³/mol. The van der Waals surface area contributed by atoms with Gasteiger partial charge in [0.1, 0.15) is 11.6 Å². The van der Waals surface area contributed by atoms with Gasteiger partial charge in [-0.25, -0.2) is 4.98 Å². The van der Waals surface area contributed by atoms with Gasteiger partial charge in [0.05, 0.1) is 18.6 Å². The second-order valence-corrected chi connectivity index (χ2v) is 6.23. The smallest absolute Gasteiger partial charge is 0.234 e. The van der Waals surface area contributed by atoms with Crippen molar-refractivity contribution in [3.05, 3.63) is 66.0 Å². The molecule has 0 spiro atoms. The van der Waals surface area contributed by atoms with E-state index in [1.165, 1.54) is 11.8 Å². The number of hydrogen-bond donors (Lipinski definition) is 2. The molecule has 0 aliphatic carbocycles. The lowest BCUT2D eigenvalue weighted by Gasteiger charge is -2.08. The molecule has 0 fully saturated rings. The molecule has 3 rings (SSSR count). The first kappa shape index (κ1) is 17.8. The quantitative estimate of drug-likeness (QED) is 0.623. The standard InChI is InChI=1S/C19H18N4O2S/c1-25-16-10-6-5-9-15(16)20-18(24)13-26-19-21-17(22-23-19)12-11-14-7-3-2-4-8-14/h2-12H,13H2,1H3,(H,20,24)(H,21,22,23)/b12-11+. The molecule has 26 heavy (non-hydrogen) atoms. The molecule has 0 aliphatic rings. The number of benzene rings is 2. The molecule has 2 N–H and O–H groups in total. The molecule has 3 aromatic rings. The largest absolute Gasteiger partial charge is 0.495 e. The van der Waals surface area contributed by atoms with E-state index in [1.807, 2.05) is 54.6 Å². The summed E-state index contributed by atoms with van der Waals surface area (Å²) in [5, 5.41) is 10.3. The van der Waals surface area contributed by atoms with Crippen LogP contribution in [0.3, 0.4) is 0 Å². The average molecular weight is 366 g/mol. The summed E-state index contributed by atoms with van der Waals surface area (Å²) in [6.45, 7) is 0. The third kappa shape index (κ3) is 4.97. The molecule has 0 bridgehead atoms. The van der Waals surface area contributed by atoms with Crippen molar-refractivity contribution in [2.45, 2.75) is 5.16 Å². The molecule has 0 saturated heterocycles. The number of thioether (sulfide) groups is 1. The van der Waals surface area contributed by atoms with Crippen molar-refractivity contribution >= 4 is 35.5 Å². The van der Waals surface area contributed by atoms with Gasteiger partial charge in [0.15, 0.2) is 0 Å². The number of carbonyl (C=O) groups excluding carboxylic acids is 1. The maximum Gasteiger partial charge on any atom is 0.234 e. The van der Waals surface area contributed by atoms with Crippen molar-refractivity contribution in [3.8, 4) is 5.75 Å². The van der Waals surface area contributed by atoms with Crippen LogP contribution in [0.1, 0.15) is 11.4 Å². The number of carbonyl (C=O) groups is 1. The summed E-state index contributed by atoms with van der Waals surface area (Å²) in [4.78, 5) is 16.4. The van der Waals surface area contributed by atoms with E-state index in [4.69, 9.17) is 4.74 Å². The minimum absolute atomic E-state index is 0.148. The highest BCUT2D eigenvalue weighted by Gasteiger charge is 2.09. The van der Waals surface area contributed by atoms with E-state index in [-0.39, 0.29) is 11.7 Å². The van der Waals surface area contributed by atoms with Crippen molar-refractivity contribution in [1.82, 2.24) is 15.2 Å². The Bertz CT molecular complexity index is 893. The highest BCUT2D eigenvalue weighted by atomic mass is 32.2. The number of nitrogens with one attached hydrogen (secondary N) is 2. The van der Waals surface area contributed by atoms with Gasteiger partial charge in [-0.2, -0.15) is 0 Å². The summed E-state index contributed by atoms with van der Waals surface area (Å²) in [5.74, 6) is 1.32. The minimum Gasteiger partial charge on any atom is -0.495 e. The van der Waals surface area contributed by atoms with E-state index in [2.05, 4.69) is 20.5 Å². The number of aromatic amines is 1. The number of H-pyrrole nitrogens is 1. The maximum atomic E-state index is 12.1. The highest BCUT2D eigenvalue weighted by molar-refractivity contribution is 7.99. The molecule has 0 atom stereocenters. The van der Waals surface area contributed by atoms with E-state index >= 15 is 0 Å². The van der Waals surface area contributed by atoms with E-state index in [9.17, 15) is 4.79 Å². The van der Waals surface area contributed by atoms with Crippen LogP contribution in [-0.2, 0) is 4.79 Å². The number of hydrogen-bond acceptors (Lipinski definition) is 5. The van der Waals surface area contributed by atoms with E-state index in [0.29, 0.717) is 22.4 Å². The first-order chi connectivity index (χ1) is 12.7. The predicted octanol–water partition coefficient (Wildman–Crippen LogP) is 3.71. The van der Waals surface area contributed by atoms with Crippen molar-refractivity contribution in [2.75, 3.05) is 18.2 Å². The van der Waals surface area contributed by atoms with Crippen LogP contribution in [0.4, 0.5) is 5.69 Å². The van der Waals surface area contributed by atoms with E-state index in [1.54, 1.807) is 19.2 Å². The van der Waals surface area contributed by atoms with Gasteiger partial charge in [0.2, 0.25) is 11.1 Å². The van der Waals surface area contributed by atoms with Crippen LogP contribution in [0.2, 0.25) is 0 Å². The van der Waals surface area contributed by atoms with Crippen LogP contribution in [0.5, 0.6) is 5.75 Å². The number of methoxy groups -OCH3 is 1. The summed E-state index contributed by atoms with van der Waals surface area (Å²) in [5.41, 5.74) is 1.72. The third-order valence-electron chi connectivity index (χ3n) is 3.43. The van der Waals surface area contributed by atoms with Crippen LogP contribution in [0.15, 0.2) is 59.8 Å². The summed E-state index contributed by atoms with van der Waals surface area (Å²) in [7, 11) is 1.57. The SMILES string of the molecule is COc1ccccc1NC(=O)CSc1n[nH]c(/C=C/c2ccccc2)n1. The summed E-state index contributed by atoms with van der Waals surface area (Å²) in [6, 6.07) is 17.2. The second-order valence-electron chi connectivity index (χ2n) is 5.28. The zero-order chi connectivity index (χ0) is 18.2. The number of para-hydroxylation sites is 2. The van der Waals surface area contributed by atoms with Gasteiger partial charge in [0.25, 0.3) is 0 Å². The number of amides is 1. The molecular weight excluding hydrogens is 348 g/mol. The van der Waals surface area contributed by atoms with Crippen molar-refractivity contribution < 1.29 is 9.53 Å². The molecule has 132 valence electrons. The lowest BCUT2D eigenvalue weighted by Crippen LogP contribution is -2.14. The molecule has 1 amide bonds. The Labute approximate surface area is 155 Å². The Hall–Kier alpha value is -3.06. The van der Waals surface area contributed by atoms with Gasteiger partial charge >= 0.3 is 0 Å². The van der Waals surface area contributed by atoms with Gasteiger partial charge in [-0.1, -0.05) is 60.3 Å². The Morgan fingerprint density at radius 1 is 1.15 bits per heavy atom. The molecule has 2 aromatic carbocycles. The first-order valence-corrected chi connectivity index (χ1v) is 8.94. The summed E-state index contributed by atoms with van der Waals surface area (Å²) < 4.78 is 5.22. The van der Waals surface area contributed by atoms with Crippen molar-refractivity contribution in [2.24, 2.45) is 0 Å². The molecule has 0 unspecified atom stereocenters. The Morgan fingerprint density at radius 3 is 2.73 bits per heavy atom. The minimum atomic E-state index is -0.148. The third-order valence-corrected chi connectivity index (χ3v) is 4.28. The van der Waals surface area contributed by atoms with Gasteiger partial charge in [0, 0.05) is 0 Å². The fourth-order valence-corrected chi connectivity index (χ4v) is 2.81. The molecule has 6 nitrogen and oxygen atoms in total. The Morgan fingerprint density at radius 2 is 1.92 bits per heavy atom. The Kier molecular flexibility index (Phi) is 6.05. The molecule has 1 aromatic heterocycles. The molecule has 0 aliphatic heterocycles. The average Bonchev–Trinajstić information content (AvgIpc) is 3.14. The fourth-order valence-electron chi connectivity index (χ4n) is 2.20. The number of ether oxygens (including phenoxy) is 1. The normalized spacial score (nSPS) is 10.8. The van der Waals surface area contributed by atoms with E-state index in [0.717, 1.165) is 5.56 Å². The number of rotatable bonds is 7. The zero-order valence-corrected chi connectivity index (χ0v) is 15.0. The Balaban J connectivity index is 1.53. The van der Waals surface area contributed by atoms with Crippen molar-refractivity contribution in [3.63, 3.8) is 0 Å². The molecular formula is C19H18N4O2S. The molecule has 0 radical (unpaired) electrons. The van der Waals surface area contributed by atoms with Gasteiger partial charge < -0.3 is 10.1 Å². The van der Waals surface area contributed by atoms with Crippen LogP contribution >= 0.6 is 11.8 Å². The van der Waals surface area contributed by atoms with Gasteiger partial charge in [-0.15, -0.1) is 5.10 Å². The topological polar surface area (TPSA) is 79.9 Å². The first-order valence-electron chi connectivity index (χ1n) is 7.96. The molecule has 7 heteroatoms. The summed E-state index contributed by atoms with van der Waals surface area (Å²) >= 11 is 1.26.